The molecule has 0 bridgehead atoms. The van der Waals surface area contributed by atoms with E-state index in [1.807, 2.05) is 39.0 Å². The molecule has 0 atom stereocenters. The number of aliphatic imine (C=N–C) groups is 1. The number of ether oxygens (including phenoxy) is 3. The molecule has 0 saturated heterocycles. The van der Waals surface area contributed by atoms with Gasteiger partial charge in [0.2, 0.25) is 0 Å². The van der Waals surface area contributed by atoms with Gasteiger partial charge in [-0.05, 0) is 38.5 Å². The standard InChI is InChI=1S/C18H29N3O3/c1-5-19-17(21-13-18(2,3)22-4)20-12-14-7-8-15-16(11-14)24-10-6-9-23-15/h7-8,11H,5-6,9-10,12-13H2,1-4H3,(H2,19,20,21). The lowest BCUT2D eigenvalue weighted by Gasteiger charge is -2.24. The van der Waals surface area contributed by atoms with Crippen molar-refractivity contribution < 1.29 is 14.2 Å². The molecule has 6 heteroatoms. The fourth-order valence-corrected chi connectivity index (χ4v) is 2.19. The number of fused-ring (bicyclic) bond motifs is 1. The third kappa shape index (κ3) is 5.60. The van der Waals surface area contributed by atoms with Crippen LogP contribution in [0.2, 0.25) is 0 Å². The number of nitrogens with one attached hydrogen (secondary N) is 2. The monoisotopic (exact) mass is 335 g/mol. The number of benzene rings is 1. The van der Waals surface area contributed by atoms with Gasteiger partial charge in [-0.25, -0.2) is 4.99 Å². The van der Waals surface area contributed by atoms with Gasteiger partial charge in [0.1, 0.15) is 0 Å². The molecule has 0 amide bonds. The Labute approximate surface area is 144 Å². The average molecular weight is 335 g/mol. The van der Waals surface area contributed by atoms with Gasteiger partial charge >= 0.3 is 0 Å². The van der Waals surface area contributed by atoms with E-state index in [1.54, 1.807) is 7.11 Å². The molecule has 0 spiro atoms. The minimum Gasteiger partial charge on any atom is -0.490 e. The molecule has 0 unspecified atom stereocenters. The SMILES string of the molecule is CCNC(=NCc1ccc2c(c1)OCCCO2)NCC(C)(C)OC. The van der Waals surface area contributed by atoms with Crippen LogP contribution >= 0.6 is 0 Å². The van der Waals surface area contributed by atoms with Gasteiger partial charge in [-0.3, -0.25) is 0 Å². The van der Waals surface area contributed by atoms with E-state index < -0.39 is 0 Å². The summed E-state index contributed by atoms with van der Waals surface area (Å²) in [6.45, 7) is 9.56. The topological polar surface area (TPSA) is 64.1 Å². The Bertz CT molecular complexity index is 558. The van der Waals surface area contributed by atoms with Crippen molar-refractivity contribution in [3.05, 3.63) is 23.8 Å². The second-order valence-electron chi connectivity index (χ2n) is 6.34. The van der Waals surface area contributed by atoms with Crippen LogP contribution in [0.1, 0.15) is 32.8 Å². The highest BCUT2D eigenvalue weighted by Gasteiger charge is 2.16. The summed E-state index contributed by atoms with van der Waals surface area (Å²) in [7, 11) is 1.71. The molecule has 1 aromatic rings. The molecule has 0 radical (unpaired) electrons. The van der Waals surface area contributed by atoms with Crippen molar-refractivity contribution in [2.24, 2.45) is 4.99 Å². The fraction of sp³-hybridized carbons (Fsp3) is 0.611. The highest BCUT2D eigenvalue weighted by atomic mass is 16.5. The number of hydrogen-bond donors (Lipinski definition) is 2. The number of methoxy groups -OCH3 is 1. The summed E-state index contributed by atoms with van der Waals surface area (Å²) < 4.78 is 16.8. The Morgan fingerprint density at radius 2 is 1.96 bits per heavy atom. The Morgan fingerprint density at radius 1 is 1.21 bits per heavy atom. The maximum absolute atomic E-state index is 5.73. The number of rotatable bonds is 6. The van der Waals surface area contributed by atoms with Gasteiger partial charge in [-0.15, -0.1) is 0 Å². The van der Waals surface area contributed by atoms with E-state index in [0.717, 1.165) is 36.0 Å². The van der Waals surface area contributed by atoms with Crippen LogP contribution in [0.3, 0.4) is 0 Å². The van der Waals surface area contributed by atoms with Crippen molar-refractivity contribution >= 4 is 5.96 Å². The van der Waals surface area contributed by atoms with Crippen molar-refractivity contribution in [2.75, 3.05) is 33.4 Å². The van der Waals surface area contributed by atoms with Crippen molar-refractivity contribution in [3.63, 3.8) is 0 Å². The molecule has 1 heterocycles. The maximum Gasteiger partial charge on any atom is 0.191 e. The summed E-state index contributed by atoms with van der Waals surface area (Å²) in [5.41, 5.74) is 0.841. The zero-order valence-corrected chi connectivity index (χ0v) is 15.1. The molecule has 6 nitrogen and oxygen atoms in total. The number of nitrogens with zero attached hydrogens (tertiary/aromatic N) is 1. The molecule has 0 fully saturated rings. The van der Waals surface area contributed by atoms with Crippen LogP contribution in [0, 0.1) is 0 Å². The van der Waals surface area contributed by atoms with Crippen molar-refractivity contribution in [3.8, 4) is 11.5 Å². The summed E-state index contributed by atoms with van der Waals surface area (Å²) in [5, 5.41) is 6.56. The summed E-state index contributed by atoms with van der Waals surface area (Å²) in [4.78, 5) is 4.64. The highest BCUT2D eigenvalue weighted by Crippen LogP contribution is 2.30. The minimum atomic E-state index is -0.245. The van der Waals surface area contributed by atoms with E-state index >= 15 is 0 Å². The summed E-state index contributed by atoms with van der Waals surface area (Å²) in [6, 6.07) is 5.99. The predicted molar refractivity (Wildman–Crippen MR) is 96.0 cm³/mol. The summed E-state index contributed by atoms with van der Waals surface area (Å²) >= 11 is 0. The van der Waals surface area contributed by atoms with Crippen LogP contribution in [0.4, 0.5) is 0 Å². The van der Waals surface area contributed by atoms with E-state index in [9.17, 15) is 0 Å². The normalized spacial score (nSPS) is 14.9. The third-order valence-corrected chi connectivity index (χ3v) is 3.81. The first-order valence-corrected chi connectivity index (χ1v) is 8.50. The van der Waals surface area contributed by atoms with Gasteiger partial charge in [-0.2, -0.15) is 0 Å². The van der Waals surface area contributed by atoms with Crippen LogP contribution in [0.5, 0.6) is 11.5 Å². The Kier molecular flexibility index (Phi) is 6.73. The maximum atomic E-state index is 5.73. The van der Waals surface area contributed by atoms with Gasteiger partial charge < -0.3 is 24.8 Å². The van der Waals surface area contributed by atoms with Crippen LogP contribution in [-0.4, -0.2) is 45.0 Å². The molecule has 134 valence electrons. The first-order chi connectivity index (χ1) is 11.5. The predicted octanol–water partition coefficient (Wildman–Crippen LogP) is 2.33. The molecular weight excluding hydrogens is 306 g/mol. The lowest BCUT2D eigenvalue weighted by Crippen LogP contribution is -2.45. The Hall–Kier alpha value is -1.95. The molecular formula is C18H29N3O3. The van der Waals surface area contributed by atoms with Gasteiger partial charge in [-0.1, -0.05) is 6.07 Å². The van der Waals surface area contributed by atoms with E-state index in [-0.39, 0.29) is 5.60 Å². The quantitative estimate of drug-likeness (QED) is 0.617. The molecule has 2 rings (SSSR count). The largest absolute Gasteiger partial charge is 0.490 e. The third-order valence-electron chi connectivity index (χ3n) is 3.81. The second-order valence-corrected chi connectivity index (χ2v) is 6.34. The van der Waals surface area contributed by atoms with Crippen LogP contribution in [0.25, 0.3) is 0 Å². The molecule has 1 aromatic carbocycles. The fourth-order valence-electron chi connectivity index (χ4n) is 2.19. The number of guanidine groups is 1. The van der Waals surface area contributed by atoms with Crippen LogP contribution in [0.15, 0.2) is 23.2 Å². The van der Waals surface area contributed by atoms with E-state index in [0.29, 0.717) is 26.3 Å². The number of hydrogen-bond acceptors (Lipinski definition) is 4. The minimum absolute atomic E-state index is 0.245. The molecule has 0 saturated carbocycles. The molecule has 1 aliphatic rings. The van der Waals surface area contributed by atoms with E-state index in [2.05, 4.69) is 15.6 Å². The average Bonchev–Trinajstić information content (AvgIpc) is 2.82. The van der Waals surface area contributed by atoms with Gasteiger partial charge in [0, 0.05) is 26.6 Å². The van der Waals surface area contributed by atoms with Crippen molar-refractivity contribution in [1.29, 1.82) is 0 Å². The van der Waals surface area contributed by atoms with Gasteiger partial charge in [0.15, 0.2) is 17.5 Å². The Morgan fingerprint density at radius 3 is 2.67 bits per heavy atom. The van der Waals surface area contributed by atoms with Crippen LogP contribution in [-0.2, 0) is 11.3 Å². The molecule has 1 aliphatic heterocycles. The molecule has 2 N–H and O–H groups in total. The Balaban J connectivity index is 2.01. The summed E-state index contributed by atoms with van der Waals surface area (Å²) in [5.74, 6) is 2.39. The first-order valence-electron chi connectivity index (χ1n) is 8.50. The van der Waals surface area contributed by atoms with Gasteiger partial charge in [0.05, 0.1) is 25.4 Å². The van der Waals surface area contributed by atoms with Gasteiger partial charge in [0.25, 0.3) is 0 Å². The highest BCUT2D eigenvalue weighted by molar-refractivity contribution is 5.79. The van der Waals surface area contributed by atoms with E-state index in [4.69, 9.17) is 14.2 Å². The first kappa shape index (κ1) is 18.4. The molecule has 24 heavy (non-hydrogen) atoms. The second kappa shape index (κ2) is 8.78. The smallest absolute Gasteiger partial charge is 0.191 e. The molecule has 0 aromatic heterocycles. The lowest BCUT2D eigenvalue weighted by atomic mass is 10.1. The van der Waals surface area contributed by atoms with Crippen LogP contribution < -0.4 is 20.1 Å². The van der Waals surface area contributed by atoms with Crippen molar-refractivity contribution in [2.45, 2.75) is 39.3 Å². The zero-order chi connectivity index (χ0) is 17.4. The zero-order valence-electron chi connectivity index (χ0n) is 15.1. The van der Waals surface area contributed by atoms with Crippen molar-refractivity contribution in [1.82, 2.24) is 10.6 Å². The lowest BCUT2D eigenvalue weighted by molar-refractivity contribution is 0.0268. The van der Waals surface area contributed by atoms with E-state index in [1.165, 1.54) is 0 Å². The molecule has 0 aliphatic carbocycles. The summed E-state index contributed by atoms with van der Waals surface area (Å²) in [6.07, 6.45) is 0.909.